The van der Waals surface area contributed by atoms with E-state index in [4.69, 9.17) is 5.73 Å². The van der Waals surface area contributed by atoms with E-state index in [1.807, 2.05) is 13.8 Å². The lowest BCUT2D eigenvalue weighted by atomic mass is 10.1. The Labute approximate surface area is 118 Å². The summed E-state index contributed by atoms with van der Waals surface area (Å²) in [6.07, 6.45) is 4.37. The van der Waals surface area contributed by atoms with Crippen molar-refractivity contribution in [1.29, 1.82) is 0 Å². The molecule has 7 nitrogen and oxygen atoms in total. The second kappa shape index (κ2) is 7.64. The highest BCUT2D eigenvalue weighted by Gasteiger charge is 2.17. The van der Waals surface area contributed by atoms with Crippen LogP contribution in [0.3, 0.4) is 0 Å². The van der Waals surface area contributed by atoms with E-state index in [0.29, 0.717) is 5.56 Å². The van der Waals surface area contributed by atoms with Gasteiger partial charge in [-0.2, -0.15) is 5.10 Å². The number of hydrogen-bond donors (Lipinski definition) is 3. The predicted molar refractivity (Wildman–Crippen MR) is 75.7 cm³/mol. The molecule has 0 spiro atoms. The second-order valence-corrected chi connectivity index (χ2v) is 4.84. The lowest BCUT2D eigenvalue weighted by Gasteiger charge is -2.13. The van der Waals surface area contributed by atoms with Gasteiger partial charge in [-0.1, -0.05) is 6.92 Å². The number of hydrogen-bond acceptors (Lipinski definition) is 4. The summed E-state index contributed by atoms with van der Waals surface area (Å²) in [4.78, 5) is 23.3. The molecule has 20 heavy (non-hydrogen) atoms. The number of carbonyl (C=O) groups is 2. The highest BCUT2D eigenvalue weighted by atomic mass is 16.2. The molecule has 2 amide bonds. The summed E-state index contributed by atoms with van der Waals surface area (Å²) >= 11 is 0. The Morgan fingerprint density at radius 1 is 1.50 bits per heavy atom. The molecule has 1 aromatic rings. The normalized spacial score (nSPS) is 13.6. The van der Waals surface area contributed by atoms with Crippen molar-refractivity contribution in [2.24, 2.45) is 12.8 Å². The maximum atomic E-state index is 11.8. The van der Waals surface area contributed by atoms with E-state index in [-0.39, 0.29) is 30.8 Å². The molecule has 0 aliphatic heterocycles. The van der Waals surface area contributed by atoms with Crippen LogP contribution in [0.15, 0.2) is 12.4 Å². The fourth-order valence-corrected chi connectivity index (χ4v) is 1.61. The summed E-state index contributed by atoms with van der Waals surface area (Å²) in [6, 6.07) is -0.614. The number of rotatable bonds is 7. The van der Waals surface area contributed by atoms with Crippen molar-refractivity contribution >= 4 is 11.8 Å². The van der Waals surface area contributed by atoms with Crippen LogP contribution in [0.25, 0.3) is 0 Å². The summed E-state index contributed by atoms with van der Waals surface area (Å²) < 4.78 is 1.59. The van der Waals surface area contributed by atoms with Crippen molar-refractivity contribution in [3.8, 4) is 0 Å². The van der Waals surface area contributed by atoms with Gasteiger partial charge in [0, 0.05) is 37.8 Å². The first kappa shape index (κ1) is 16.2. The molecular formula is C13H23N5O2. The molecule has 0 saturated heterocycles. The summed E-state index contributed by atoms with van der Waals surface area (Å²) in [7, 11) is 1.76. The summed E-state index contributed by atoms with van der Waals surface area (Å²) in [5.41, 5.74) is 6.45. The molecule has 0 saturated carbocycles. The maximum Gasteiger partial charge on any atom is 0.241 e. The zero-order valence-electron chi connectivity index (χ0n) is 12.2. The van der Waals surface area contributed by atoms with Crippen molar-refractivity contribution in [3.63, 3.8) is 0 Å². The fourth-order valence-electron chi connectivity index (χ4n) is 1.61. The molecule has 1 rings (SSSR count). The van der Waals surface area contributed by atoms with Gasteiger partial charge in [-0.3, -0.25) is 14.3 Å². The molecule has 7 heteroatoms. The third kappa shape index (κ3) is 5.00. The van der Waals surface area contributed by atoms with Gasteiger partial charge < -0.3 is 16.4 Å². The molecule has 2 atom stereocenters. The number of nitrogens with one attached hydrogen (secondary N) is 2. The smallest absolute Gasteiger partial charge is 0.241 e. The molecule has 0 radical (unpaired) electrons. The Morgan fingerprint density at radius 2 is 2.20 bits per heavy atom. The molecule has 1 aromatic heterocycles. The number of aromatic nitrogens is 2. The van der Waals surface area contributed by atoms with E-state index in [1.165, 1.54) is 0 Å². The monoisotopic (exact) mass is 281 g/mol. The molecule has 2 unspecified atom stereocenters. The van der Waals surface area contributed by atoms with Crippen LogP contribution in [-0.2, 0) is 16.6 Å². The van der Waals surface area contributed by atoms with Gasteiger partial charge in [0.25, 0.3) is 0 Å². The Kier molecular flexibility index (Phi) is 6.17. The van der Waals surface area contributed by atoms with Gasteiger partial charge in [0.1, 0.15) is 6.04 Å². The Bertz CT molecular complexity index is 457. The lowest BCUT2D eigenvalue weighted by Crippen LogP contribution is -2.38. The van der Waals surface area contributed by atoms with Crippen molar-refractivity contribution in [2.45, 2.75) is 38.8 Å². The summed E-state index contributed by atoms with van der Waals surface area (Å²) in [6.45, 7) is 4.21. The topological polar surface area (TPSA) is 102 Å². The Morgan fingerprint density at radius 3 is 2.75 bits per heavy atom. The van der Waals surface area contributed by atoms with Crippen LogP contribution in [0.4, 0.5) is 0 Å². The summed E-state index contributed by atoms with van der Waals surface area (Å²) in [5, 5.41) is 9.45. The van der Waals surface area contributed by atoms with Gasteiger partial charge >= 0.3 is 0 Å². The molecule has 0 aliphatic rings. The average Bonchev–Trinajstić information content (AvgIpc) is 2.84. The number of aryl methyl sites for hydroxylation is 1. The largest absolute Gasteiger partial charge is 0.354 e. The van der Waals surface area contributed by atoms with Crippen molar-refractivity contribution in [3.05, 3.63) is 18.0 Å². The summed E-state index contributed by atoms with van der Waals surface area (Å²) in [5.74, 6) is -0.385. The van der Waals surface area contributed by atoms with Crippen LogP contribution >= 0.6 is 0 Å². The number of nitrogens with two attached hydrogens (primary N) is 1. The molecular weight excluding hydrogens is 258 g/mol. The fraction of sp³-hybridized carbons (Fsp3) is 0.615. The third-order valence-corrected chi connectivity index (χ3v) is 3.04. The van der Waals surface area contributed by atoms with Gasteiger partial charge in [-0.25, -0.2) is 0 Å². The SMILES string of the molecule is CCC(C)NC(=O)CCNC(=O)C(N)c1cnn(C)c1. The van der Waals surface area contributed by atoms with Gasteiger partial charge in [-0.05, 0) is 13.3 Å². The number of amides is 2. The molecule has 0 aliphatic carbocycles. The Balaban J connectivity index is 2.31. The van der Waals surface area contributed by atoms with Crippen molar-refractivity contribution < 1.29 is 9.59 Å². The van der Waals surface area contributed by atoms with Gasteiger partial charge in [-0.15, -0.1) is 0 Å². The standard InChI is InChI=1S/C13H23N5O2/c1-4-9(2)17-11(19)5-6-15-13(20)12(14)10-7-16-18(3)8-10/h7-9,12H,4-6,14H2,1-3H3,(H,15,20)(H,17,19). The minimum Gasteiger partial charge on any atom is -0.354 e. The predicted octanol–water partition coefficient (Wildman–Crippen LogP) is -0.159. The minimum atomic E-state index is -0.763. The Hall–Kier alpha value is -1.89. The van der Waals surface area contributed by atoms with Gasteiger partial charge in [0.2, 0.25) is 11.8 Å². The molecule has 0 aromatic carbocycles. The highest BCUT2D eigenvalue weighted by Crippen LogP contribution is 2.07. The van der Waals surface area contributed by atoms with E-state index >= 15 is 0 Å². The van der Waals surface area contributed by atoms with E-state index in [1.54, 1.807) is 24.1 Å². The average molecular weight is 281 g/mol. The lowest BCUT2D eigenvalue weighted by molar-refractivity contribution is -0.123. The molecule has 112 valence electrons. The van der Waals surface area contributed by atoms with Gasteiger partial charge in [0.05, 0.1) is 6.20 Å². The first-order valence-electron chi connectivity index (χ1n) is 6.75. The van der Waals surface area contributed by atoms with Crippen LogP contribution in [0, 0.1) is 0 Å². The molecule has 1 heterocycles. The third-order valence-electron chi connectivity index (χ3n) is 3.04. The van der Waals surface area contributed by atoms with E-state index < -0.39 is 6.04 Å². The maximum absolute atomic E-state index is 11.8. The van der Waals surface area contributed by atoms with E-state index in [9.17, 15) is 9.59 Å². The molecule has 0 bridgehead atoms. The van der Waals surface area contributed by atoms with E-state index in [2.05, 4.69) is 15.7 Å². The van der Waals surface area contributed by atoms with Crippen LogP contribution in [-0.4, -0.2) is 34.2 Å². The van der Waals surface area contributed by atoms with E-state index in [0.717, 1.165) is 6.42 Å². The number of nitrogens with zero attached hydrogens (tertiary/aromatic N) is 2. The van der Waals surface area contributed by atoms with Crippen LogP contribution in [0.1, 0.15) is 38.3 Å². The van der Waals surface area contributed by atoms with Crippen LogP contribution in [0.2, 0.25) is 0 Å². The van der Waals surface area contributed by atoms with Crippen molar-refractivity contribution in [2.75, 3.05) is 6.54 Å². The first-order valence-corrected chi connectivity index (χ1v) is 6.75. The quantitative estimate of drug-likeness (QED) is 0.646. The minimum absolute atomic E-state index is 0.0744. The van der Waals surface area contributed by atoms with Crippen LogP contribution in [0.5, 0.6) is 0 Å². The molecule has 0 fully saturated rings. The van der Waals surface area contributed by atoms with Crippen LogP contribution < -0.4 is 16.4 Å². The zero-order valence-corrected chi connectivity index (χ0v) is 12.2. The van der Waals surface area contributed by atoms with Gasteiger partial charge in [0.15, 0.2) is 0 Å². The first-order chi connectivity index (χ1) is 9.43. The van der Waals surface area contributed by atoms with Crippen molar-refractivity contribution in [1.82, 2.24) is 20.4 Å². The second-order valence-electron chi connectivity index (χ2n) is 4.84. The highest BCUT2D eigenvalue weighted by molar-refractivity contribution is 5.83. The molecule has 4 N–H and O–H groups in total. The zero-order chi connectivity index (χ0) is 15.1. The number of carbonyl (C=O) groups excluding carboxylic acids is 2.